The van der Waals surface area contributed by atoms with Gasteiger partial charge in [0.25, 0.3) is 0 Å². The second-order valence-electron chi connectivity index (χ2n) is 4.10. The van der Waals surface area contributed by atoms with E-state index in [4.69, 9.17) is 5.11 Å². The fourth-order valence-corrected chi connectivity index (χ4v) is 2.38. The maximum atomic E-state index is 13.9. The molecular weight excluding hydrogens is 231 g/mol. The fourth-order valence-electron chi connectivity index (χ4n) is 2.38. The summed E-state index contributed by atoms with van der Waals surface area (Å²) >= 11 is 0. The van der Waals surface area contributed by atoms with Crippen LogP contribution in [0.2, 0.25) is 0 Å². The number of hydrogen-bond acceptors (Lipinski definition) is 1. The second kappa shape index (κ2) is 3.81. The Hall–Kier alpha value is -2.42. The third-order valence-corrected chi connectivity index (χ3v) is 3.06. The highest BCUT2D eigenvalue weighted by Gasteiger charge is 2.26. The molecule has 0 fully saturated rings. The van der Waals surface area contributed by atoms with Crippen LogP contribution in [0, 0.1) is 5.82 Å². The molecule has 0 saturated carbocycles. The molecule has 88 valence electrons. The predicted molar refractivity (Wildman–Crippen MR) is 66.6 cm³/mol. The molecule has 0 aliphatic heterocycles. The van der Waals surface area contributed by atoms with Crippen LogP contribution in [-0.4, -0.2) is 11.1 Å². The summed E-state index contributed by atoms with van der Waals surface area (Å²) in [6.45, 7) is 0. The van der Waals surface area contributed by atoms with E-state index in [1.54, 1.807) is 18.2 Å². The van der Waals surface area contributed by atoms with Crippen LogP contribution < -0.4 is 0 Å². The van der Waals surface area contributed by atoms with Crippen molar-refractivity contribution in [3.8, 4) is 11.1 Å². The number of aliphatic carboxylic acids is 1. The molecule has 1 N–H and O–H groups in total. The number of rotatable bonds is 1. The first-order valence-corrected chi connectivity index (χ1v) is 5.52. The van der Waals surface area contributed by atoms with Crippen LogP contribution >= 0.6 is 0 Å². The molecule has 2 aromatic rings. The Morgan fingerprint density at radius 1 is 1.00 bits per heavy atom. The molecule has 0 amide bonds. The lowest BCUT2D eigenvalue weighted by Gasteiger charge is -2.01. The van der Waals surface area contributed by atoms with Crippen LogP contribution in [0.3, 0.4) is 0 Å². The Balaban J connectivity index is 2.39. The highest BCUT2D eigenvalue weighted by atomic mass is 19.1. The van der Waals surface area contributed by atoms with Crippen molar-refractivity contribution in [2.24, 2.45) is 0 Å². The van der Waals surface area contributed by atoms with E-state index in [0.717, 1.165) is 17.2 Å². The van der Waals surface area contributed by atoms with Gasteiger partial charge in [-0.3, -0.25) is 0 Å². The van der Waals surface area contributed by atoms with Gasteiger partial charge in [0.05, 0.1) is 0 Å². The van der Waals surface area contributed by atoms with Gasteiger partial charge in [-0.25, -0.2) is 9.18 Å². The summed E-state index contributed by atoms with van der Waals surface area (Å²) in [6.07, 6.45) is 1.13. The van der Waals surface area contributed by atoms with Crippen LogP contribution in [-0.2, 0) is 4.79 Å². The molecule has 0 atom stereocenters. The van der Waals surface area contributed by atoms with Crippen LogP contribution in [0.5, 0.6) is 0 Å². The summed E-state index contributed by atoms with van der Waals surface area (Å²) in [6, 6.07) is 12.0. The van der Waals surface area contributed by atoms with Crippen LogP contribution in [0.4, 0.5) is 4.39 Å². The molecule has 3 rings (SSSR count). The first-order chi connectivity index (χ1) is 8.68. The number of benzene rings is 2. The molecule has 2 nitrogen and oxygen atoms in total. The summed E-state index contributed by atoms with van der Waals surface area (Å²) in [4.78, 5) is 10.9. The molecule has 1 aliphatic rings. The number of halogens is 1. The van der Waals surface area contributed by atoms with Crippen molar-refractivity contribution in [2.45, 2.75) is 0 Å². The molecule has 0 heterocycles. The minimum atomic E-state index is -1.03. The molecule has 18 heavy (non-hydrogen) atoms. The van der Waals surface area contributed by atoms with Crippen molar-refractivity contribution in [2.75, 3.05) is 0 Å². The smallest absolute Gasteiger partial charge is 0.328 e. The van der Waals surface area contributed by atoms with Gasteiger partial charge in [0, 0.05) is 11.6 Å². The number of fused-ring (bicyclic) bond motifs is 3. The van der Waals surface area contributed by atoms with Crippen molar-refractivity contribution in [3.05, 3.63) is 65.5 Å². The van der Waals surface area contributed by atoms with Crippen LogP contribution in [0.15, 0.2) is 48.5 Å². The lowest BCUT2D eigenvalue weighted by Crippen LogP contribution is -1.91. The third kappa shape index (κ3) is 1.44. The van der Waals surface area contributed by atoms with E-state index in [1.807, 2.05) is 18.2 Å². The molecular formula is C15H9FO2. The molecule has 0 aromatic heterocycles. The summed E-state index contributed by atoms with van der Waals surface area (Å²) in [5.41, 5.74) is 3.20. The highest BCUT2D eigenvalue weighted by Crippen LogP contribution is 2.45. The number of carboxylic acid groups (broad SMARTS) is 1. The van der Waals surface area contributed by atoms with Gasteiger partial charge in [-0.05, 0) is 28.3 Å². The molecule has 0 radical (unpaired) electrons. The molecule has 0 unspecified atom stereocenters. The van der Waals surface area contributed by atoms with Gasteiger partial charge in [-0.1, -0.05) is 36.4 Å². The average Bonchev–Trinajstić information content (AvgIpc) is 2.65. The van der Waals surface area contributed by atoms with E-state index in [0.29, 0.717) is 16.7 Å². The lowest BCUT2D eigenvalue weighted by molar-refractivity contribution is -0.131. The number of carbonyl (C=O) groups is 1. The molecule has 1 aliphatic carbocycles. The molecule has 2 aromatic carbocycles. The van der Waals surface area contributed by atoms with Gasteiger partial charge in [0.1, 0.15) is 5.82 Å². The van der Waals surface area contributed by atoms with Crippen molar-refractivity contribution in [1.82, 2.24) is 0 Å². The van der Waals surface area contributed by atoms with Gasteiger partial charge in [0.2, 0.25) is 0 Å². The largest absolute Gasteiger partial charge is 0.478 e. The van der Waals surface area contributed by atoms with Gasteiger partial charge in [0.15, 0.2) is 0 Å². The lowest BCUT2D eigenvalue weighted by atomic mass is 10.0. The first-order valence-electron chi connectivity index (χ1n) is 5.52. The minimum Gasteiger partial charge on any atom is -0.478 e. The van der Waals surface area contributed by atoms with Crippen LogP contribution in [0.1, 0.15) is 11.1 Å². The van der Waals surface area contributed by atoms with Crippen molar-refractivity contribution in [3.63, 3.8) is 0 Å². The van der Waals surface area contributed by atoms with E-state index >= 15 is 0 Å². The Morgan fingerprint density at radius 3 is 2.39 bits per heavy atom. The van der Waals surface area contributed by atoms with Crippen molar-refractivity contribution in [1.29, 1.82) is 0 Å². The SMILES string of the molecule is O=C(O)/C=C1/c2ccccc2-c2c(F)cccc21. The molecule has 0 saturated heterocycles. The monoisotopic (exact) mass is 240 g/mol. The van der Waals surface area contributed by atoms with Crippen molar-refractivity contribution < 1.29 is 14.3 Å². The second-order valence-corrected chi connectivity index (χ2v) is 4.10. The molecule has 0 spiro atoms. The zero-order valence-corrected chi connectivity index (χ0v) is 9.35. The number of carboxylic acids is 1. The Labute approximate surface area is 103 Å². The van der Waals surface area contributed by atoms with Crippen LogP contribution in [0.25, 0.3) is 16.7 Å². The highest BCUT2D eigenvalue weighted by molar-refractivity contribution is 6.06. The van der Waals surface area contributed by atoms with E-state index < -0.39 is 5.97 Å². The standard InChI is InChI=1S/C15H9FO2/c16-13-7-3-6-11-12(8-14(17)18)9-4-1-2-5-10(9)15(11)13/h1-8H,(H,17,18)/b12-8-. The van der Waals surface area contributed by atoms with E-state index in [-0.39, 0.29) is 5.82 Å². The Kier molecular flexibility index (Phi) is 2.27. The molecule has 3 heteroatoms. The zero-order chi connectivity index (χ0) is 12.7. The van der Waals surface area contributed by atoms with E-state index in [2.05, 4.69) is 0 Å². The quantitative estimate of drug-likeness (QED) is 0.662. The van der Waals surface area contributed by atoms with Crippen molar-refractivity contribution >= 4 is 11.5 Å². The Morgan fingerprint density at radius 2 is 1.67 bits per heavy atom. The summed E-state index contributed by atoms with van der Waals surface area (Å²) in [5.74, 6) is -1.36. The third-order valence-electron chi connectivity index (χ3n) is 3.06. The average molecular weight is 240 g/mol. The fraction of sp³-hybridized carbons (Fsp3) is 0. The normalized spacial score (nSPS) is 14.4. The zero-order valence-electron chi connectivity index (χ0n) is 9.35. The maximum absolute atomic E-state index is 13.9. The topological polar surface area (TPSA) is 37.3 Å². The first kappa shape index (κ1) is 10.7. The number of hydrogen-bond donors (Lipinski definition) is 1. The van der Waals surface area contributed by atoms with Gasteiger partial charge in [-0.15, -0.1) is 0 Å². The van der Waals surface area contributed by atoms with Gasteiger partial charge < -0.3 is 5.11 Å². The van der Waals surface area contributed by atoms with Gasteiger partial charge in [-0.2, -0.15) is 0 Å². The summed E-state index contributed by atoms with van der Waals surface area (Å²) < 4.78 is 13.9. The predicted octanol–water partition coefficient (Wildman–Crippen LogP) is 3.32. The Bertz CT molecular complexity index is 687. The maximum Gasteiger partial charge on any atom is 0.328 e. The minimum absolute atomic E-state index is 0.325. The molecule has 0 bridgehead atoms. The van der Waals surface area contributed by atoms with Gasteiger partial charge >= 0.3 is 5.97 Å². The van der Waals surface area contributed by atoms with E-state index in [9.17, 15) is 9.18 Å². The summed E-state index contributed by atoms with van der Waals surface area (Å²) in [7, 11) is 0. The summed E-state index contributed by atoms with van der Waals surface area (Å²) in [5, 5.41) is 8.92. The van der Waals surface area contributed by atoms with E-state index in [1.165, 1.54) is 6.07 Å².